The molecule has 0 fully saturated rings. The molecule has 0 aromatic heterocycles. The zero-order valence-corrected chi connectivity index (χ0v) is 13.5. The fourth-order valence-electron chi connectivity index (χ4n) is 2.08. The average Bonchev–Trinajstić information content (AvgIpc) is 2.86. The molecule has 0 saturated carbocycles. The van der Waals surface area contributed by atoms with Crippen molar-refractivity contribution < 1.29 is 14.3 Å². The van der Waals surface area contributed by atoms with Gasteiger partial charge in [0.25, 0.3) is 0 Å². The lowest BCUT2D eigenvalue weighted by Crippen LogP contribution is -2.17. The van der Waals surface area contributed by atoms with Crippen molar-refractivity contribution in [2.24, 2.45) is 4.99 Å². The van der Waals surface area contributed by atoms with Crippen LogP contribution in [0, 0.1) is 0 Å². The second-order valence-corrected chi connectivity index (χ2v) is 5.96. The monoisotopic (exact) mass is 301 g/mol. The highest BCUT2D eigenvalue weighted by molar-refractivity contribution is 6.00. The number of hydrogen-bond acceptors (Lipinski definition) is 4. The van der Waals surface area contributed by atoms with Gasteiger partial charge >= 0.3 is 5.97 Å². The van der Waals surface area contributed by atoms with E-state index < -0.39 is 0 Å². The number of hydrogen-bond donors (Lipinski definition) is 0. The van der Waals surface area contributed by atoms with E-state index in [-0.39, 0.29) is 11.5 Å². The van der Waals surface area contributed by atoms with Crippen LogP contribution >= 0.6 is 0 Å². The number of unbranched alkanes of at least 4 members (excludes halogenated alkanes) is 1. The third kappa shape index (κ3) is 4.45. The predicted octanol–water partition coefficient (Wildman–Crippen LogP) is 3.60. The minimum Gasteiger partial charge on any atom is -0.475 e. The summed E-state index contributed by atoms with van der Waals surface area (Å²) in [5.74, 6) is 0.308. The Bertz CT molecular complexity index is 588. The highest BCUT2D eigenvalue weighted by Crippen LogP contribution is 2.23. The molecular weight excluding hydrogens is 278 g/mol. The predicted molar refractivity (Wildman–Crippen MR) is 87.9 cm³/mol. The Morgan fingerprint density at radius 1 is 1.41 bits per heavy atom. The highest BCUT2D eigenvalue weighted by atomic mass is 16.5. The van der Waals surface area contributed by atoms with Crippen LogP contribution in [0.2, 0.25) is 0 Å². The van der Waals surface area contributed by atoms with Gasteiger partial charge in [0.1, 0.15) is 6.61 Å². The zero-order chi connectivity index (χ0) is 16.0. The Labute approximate surface area is 131 Å². The molecule has 1 aromatic rings. The van der Waals surface area contributed by atoms with E-state index in [1.807, 2.05) is 38.1 Å². The Hall–Kier alpha value is -2.10. The van der Waals surface area contributed by atoms with Crippen molar-refractivity contribution in [2.45, 2.75) is 39.2 Å². The van der Waals surface area contributed by atoms with E-state index in [1.54, 1.807) is 6.08 Å². The molecule has 0 aliphatic carbocycles. The molecule has 0 amide bonds. The van der Waals surface area contributed by atoms with Gasteiger partial charge in [0.2, 0.25) is 5.90 Å². The lowest BCUT2D eigenvalue weighted by molar-refractivity contribution is -0.137. The maximum absolute atomic E-state index is 11.7. The Balaban J connectivity index is 2.11. The number of rotatable bonds is 6. The van der Waals surface area contributed by atoms with Crippen LogP contribution in [0.5, 0.6) is 0 Å². The summed E-state index contributed by atoms with van der Waals surface area (Å²) in [5.41, 5.74) is 1.59. The summed E-state index contributed by atoms with van der Waals surface area (Å²) in [5, 5.41) is 0. The van der Waals surface area contributed by atoms with Gasteiger partial charge in [0.05, 0.1) is 12.1 Å². The molecule has 0 radical (unpaired) electrons. The second-order valence-electron chi connectivity index (χ2n) is 5.96. The molecule has 0 spiro atoms. The van der Waals surface area contributed by atoms with Crippen molar-refractivity contribution in [1.29, 1.82) is 0 Å². The van der Waals surface area contributed by atoms with Crippen LogP contribution in [-0.2, 0) is 14.3 Å². The summed E-state index contributed by atoms with van der Waals surface area (Å²) in [4.78, 5) is 16.2. The van der Waals surface area contributed by atoms with Crippen LogP contribution in [0.15, 0.2) is 35.3 Å². The third-order valence-electron chi connectivity index (χ3n) is 3.30. The molecule has 0 saturated heterocycles. The molecule has 22 heavy (non-hydrogen) atoms. The normalized spacial score (nSPS) is 16.4. The minimum absolute atomic E-state index is 0.203. The van der Waals surface area contributed by atoms with Crippen molar-refractivity contribution in [3.8, 4) is 0 Å². The second kappa shape index (κ2) is 7.25. The van der Waals surface area contributed by atoms with E-state index in [4.69, 9.17) is 9.47 Å². The Kier molecular flexibility index (Phi) is 5.36. The van der Waals surface area contributed by atoms with Crippen molar-refractivity contribution >= 4 is 17.9 Å². The first-order valence-corrected chi connectivity index (χ1v) is 7.69. The van der Waals surface area contributed by atoms with Gasteiger partial charge in [-0.2, -0.15) is 0 Å². The molecule has 0 unspecified atom stereocenters. The van der Waals surface area contributed by atoms with E-state index in [2.05, 4.69) is 11.9 Å². The highest BCUT2D eigenvalue weighted by Gasteiger charge is 2.27. The van der Waals surface area contributed by atoms with Crippen LogP contribution in [0.3, 0.4) is 0 Å². The summed E-state index contributed by atoms with van der Waals surface area (Å²) in [6, 6.07) is 7.74. The molecule has 4 nitrogen and oxygen atoms in total. The van der Waals surface area contributed by atoms with Crippen molar-refractivity contribution in [2.75, 3.05) is 13.2 Å². The van der Waals surface area contributed by atoms with Gasteiger partial charge in [0, 0.05) is 11.6 Å². The maximum Gasteiger partial charge on any atom is 0.330 e. The van der Waals surface area contributed by atoms with Gasteiger partial charge in [0.15, 0.2) is 0 Å². The average molecular weight is 301 g/mol. The standard InChI is InChI=1S/C18H23NO3/c1-4-5-12-21-16(20)11-10-14-8-6-7-9-15(14)17-19-18(2,3)13-22-17/h6-11H,4-5,12-13H2,1-3H3/b11-10+. The van der Waals surface area contributed by atoms with Crippen molar-refractivity contribution in [3.05, 3.63) is 41.5 Å². The van der Waals surface area contributed by atoms with Gasteiger partial charge in [-0.1, -0.05) is 31.5 Å². The quantitative estimate of drug-likeness (QED) is 0.458. The first kappa shape index (κ1) is 16.3. The third-order valence-corrected chi connectivity index (χ3v) is 3.30. The summed E-state index contributed by atoms with van der Waals surface area (Å²) in [6.45, 7) is 7.15. The Morgan fingerprint density at radius 2 is 2.18 bits per heavy atom. The smallest absolute Gasteiger partial charge is 0.330 e. The lowest BCUT2D eigenvalue weighted by atomic mass is 10.1. The number of nitrogens with zero attached hydrogens (tertiary/aromatic N) is 1. The van der Waals surface area contributed by atoms with Crippen LogP contribution in [-0.4, -0.2) is 30.6 Å². The van der Waals surface area contributed by atoms with E-state index in [0.717, 1.165) is 24.0 Å². The summed E-state index contributed by atoms with van der Waals surface area (Å²) < 4.78 is 10.8. The number of ether oxygens (including phenoxy) is 2. The van der Waals surface area contributed by atoms with Crippen LogP contribution < -0.4 is 0 Å². The summed E-state index contributed by atoms with van der Waals surface area (Å²) >= 11 is 0. The van der Waals surface area contributed by atoms with Gasteiger partial charge in [-0.05, 0) is 38.0 Å². The zero-order valence-electron chi connectivity index (χ0n) is 13.5. The first-order valence-electron chi connectivity index (χ1n) is 7.69. The molecule has 0 bridgehead atoms. The first-order chi connectivity index (χ1) is 10.5. The Morgan fingerprint density at radius 3 is 2.86 bits per heavy atom. The molecule has 1 aliphatic heterocycles. The van der Waals surface area contributed by atoms with Gasteiger partial charge in [-0.3, -0.25) is 0 Å². The van der Waals surface area contributed by atoms with Crippen LogP contribution in [0.4, 0.5) is 0 Å². The minimum atomic E-state index is -0.321. The number of esters is 1. The van der Waals surface area contributed by atoms with E-state index in [9.17, 15) is 4.79 Å². The number of aliphatic imine (C=N–C) groups is 1. The number of carbonyl (C=O) groups is 1. The summed E-state index contributed by atoms with van der Waals surface area (Å²) in [6.07, 6.45) is 5.10. The fraction of sp³-hybridized carbons (Fsp3) is 0.444. The molecule has 1 aromatic carbocycles. The SMILES string of the molecule is CCCCOC(=O)/C=C/c1ccccc1C1=NC(C)(C)CO1. The molecule has 1 aliphatic rings. The fourth-order valence-corrected chi connectivity index (χ4v) is 2.08. The van der Waals surface area contributed by atoms with Gasteiger partial charge < -0.3 is 9.47 Å². The maximum atomic E-state index is 11.7. The molecule has 118 valence electrons. The number of carbonyl (C=O) groups excluding carboxylic acids is 1. The van der Waals surface area contributed by atoms with Crippen molar-refractivity contribution in [3.63, 3.8) is 0 Å². The van der Waals surface area contributed by atoms with Gasteiger partial charge in [-0.15, -0.1) is 0 Å². The molecule has 2 rings (SSSR count). The molecule has 4 heteroatoms. The number of benzene rings is 1. The van der Waals surface area contributed by atoms with E-state index in [1.165, 1.54) is 6.08 Å². The van der Waals surface area contributed by atoms with Gasteiger partial charge in [-0.25, -0.2) is 9.79 Å². The van der Waals surface area contributed by atoms with Crippen LogP contribution in [0.25, 0.3) is 6.08 Å². The van der Waals surface area contributed by atoms with Crippen molar-refractivity contribution in [1.82, 2.24) is 0 Å². The molecule has 0 N–H and O–H groups in total. The van der Waals surface area contributed by atoms with Crippen LogP contribution in [0.1, 0.15) is 44.7 Å². The molecule has 1 heterocycles. The van der Waals surface area contributed by atoms with E-state index in [0.29, 0.717) is 19.1 Å². The van der Waals surface area contributed by atoms with E-state index >= 15 is 0 Å². The lowest BCUT2D eigenvalue weighted by Gasteiger charge is -2.07. The summed E-state index contributed by atoms with van der Waals surface area (Å²) in [7, 11) is 0. The topological polar surface area (TPSA) is 47.9 Å². The largest absolute Gasteiger partial charge is 0.475 e. The molecular formula is C18H23NO3. The molecule has 0 atom stereocenters.